The molecule has 0 aliphatic carbocycles. The first-order valence-electron chi connectivity index (χ1n) is 4.92. The van der Waals surface area contributed by atoms with Gasteiger partial charge in [0.25, 0.3) is 0 Å². The molecule has 108 valence electrons. The first kappa shape index (κ1) is 16.3. The second-order valence-electron chi connectivity index (χ2n) is 4.30. The fraction of sp³-hybridized carbons (Fsp3) is 1.00. The Morgan fingerprint density at radius 3 is 1.61 bits per heavy atom. The Labute approximate surface area is 104 Å². The molecule has 1 rings (SSSR count). The molecule has 0 aromatic carbocycles. The monoisotopic (exact) mass is 323 g/mol. The third-order valence-electron chi connectivity index (χ3n) is 3.09. The molecule has 1 heterocycles. The molecular weight excluding hydrogens is 308 g/mol. The van der Waals surface area contributed by atoms with E-state index in [1.165, 1.54) is 0 Å². The highest BCUT2D eigenvalue weighted by Crippen LogP contribution is 2.70. The van der Waals surface area contributed by atoms with Crippen LogP contribution in [0.2, 0.25) is 0 Å². The summed E-state index contributed by atoms with van der Waals surface area (Å²) in [6.07, 6.45) is -0.565. The van der Waals surface area contributed by atoms with Gasteiger partial charge in [0.15, 0.2) is 0 Å². The minimum atomic E-state index is -5.30. The minimum Gasteiger partial charge on any atom is -0.323 e. The molecule has 18 heavy (non-hydrogen) atoms. The fourth-order valence-electron chi connectivity index (χ4n) is 1.96. The summed E-state index contributed by atoms with van der Waals surface area (Å²) in [5.41, 5.74) is 5.29. The van der Waals surface area contributed by atoms with Gasteiger partial charge in [0.1, 0.15) is 9.84 Å². The molecule has 1 aliphatic heterocycles. The maximum atomic E-state index is 11.3. The SMILES string of the molecule is NC(C1CCS(=O)(=O)CC1)(P(=O)(O)O)P(=O)(O)O. The molecule has 9 nitrogen and oxygen atoms in total. The number of rotatable bonds is 3. The molecule has 0 bridgehead atoms. The van der Waals surface area contributed by atoms with Crippen LogP contribution in [0.1, 0.15) is 12.8 Å². The number of hydrogen-bond acceptors (Lipinski definition) is 5. The normalized spacial score (nSPS) is 22.9. The summed E-state index contributed by atoms with van der Waals surface area (Å²) in [4.78, 5) is 36.4. The van der Waals surface area contributed by atoms with Crippen molar-refractivity contribution in [3.8, 4) is 0 Å². The summed E-state index contributed by atoms with van der Waals surface area (Å²) >= 11 is 0. The zero-order valence-corrected chi connectivity index (χ0v) is 11.8. The molecule has 0 radical (unpaired) electrons. The van der Waals surface area contributed by atoms with E-state index in [2.05, 4.69) is 0 Å². The van der Waals surface area contributed by atoms with Crippen molar-refractivity contribution in [1.29, 1.82) is 0 Å². The molecule has 1 fully saturated rings. The van der Waals surface area contributed by atoms with Crippen molar-refractivity contribution in [3.63, 3.8) is 0 Å². The van der Waals surface area contributed by atoms with Crippen LogP contribution in [0, 0.1) is 5.92 Å². The molecule has 0 amide bonds. The average molecular weight is 323 g/mol. The van der Waals surface area contributed by atoms with Crippen molar-refractivity contribution in [2.45, 2.75) is 17.9 Å². The molecular formula is C6H15NO8P2S. The highest BCUT2D eigenvalue weighted by atomic mass is 32.2. The van der Waals surface area contributed by atoms with Gasteiger partial charge in [-0.2, -0.15) is 0 Å². The van der Waals surface area contributed by atoms with Gasteiger partial charge in [0.2, 0.25) is 5.02 Å². The van der Waals surface area contributed by atoms with Gasteiger partial charge >= 0.3 is 15.2 Å². The van der Waals surface area contributed by atoms with Crippen LogP contribution in [-0.2, 0) is 19.0 Å². The summed E-state index contributed by atoms with van der Waals surface area (Å²) < 4.78 is 45.0. The van der Waals surface area contributed by atoms with Gasteiger partial charge in [-0.25, -0.2) is 8.42 Å². The second kappa shape index (κ2) is 4.64. The van der Waals surface area contributed by atoms with Gasteiger partial charge < -0.3 is 25.3 Å². The molecule has 6 N–H and O–H groups in total. The van der Waals surface area contributed by atoms with Crippen LogP contribution < -0.4 is 5.73 Å². The fourth-order valence-corrected chi connectivity index (χ4v) is 6.28. The lowest BCUT2D eigenvalue weighted by Crippen LogP contribution is -2.49. The van der Waals surface area contributed by atoms with Crippen molar-refractivity contribution in [1.82, 2.24) is 0 Å². The third-order valence-corrected chi connectivity index (χ3v) is 8.96. The Hall–Kier alpha value is 0.210. The van der Waals surface area contributed by atoms with E-state index < -0.39 is 47.5 Å². The Balaban J connectivity index is 3.17. The van der Waals surface area contributed by atoms with E-state index in [0.717, 1.165) is 0 Å². The molecule has 0 aromatic rings. The van der Waals surface area contributed by atoms with E-state index in [1.54, 1.807) is 0 Å². The van der Waals surface area contributed by atoms with Crippen LogP contribution in [0.4, 0.5) is 0 Å². The Morgan fingerprint density at radius 1 is 1.00 bits per heavy atom. The van der Waals surface area contributed by atoms with Gasteiger partial charge in [-0.05, 0) is 12.8 Å². The molecule has 12 heteroatoms. The lowest BCUT2D eigenvalue weighted by atomic mass is 10.0. The van der Waals surface area contributed by atoms with Crippen LogP contribution in [0.5, 0.6) is 0 Å². The van der Waals surface area contributed by atoms with Crippen LogP contribution in [0.25, 0.3) is 0 Å². The van der Waals surface area contributed by atoms with Crippen LogP contribution in [-0.4, -0.2) is 44.5 Å². The molecule has 0 unspecified atom stereocenters. The van der Waals surface area contributed by atoms with E-state index in [4.69, 9.17) is 25.3 Å². The van der Waals surface area contributed by atoms with E-state index in [-0.39, 0.29) is 12.8 Å². The molecule has 0 saturated carbocycles. The Kier molecular flexibility index (Phi) is 4.20. The lowest BCUT2D eigenvalue weighted by Gasteiger charge is -2.39. The van der Waals surface area contributed by atoms with Crippen LogP contribution >= 0.6 is 15.2 Å². The summed E-state index contributed by atoms with van der Waals surface area (Å²) in [5, 5.41) is -3.02. The Morgan fingerprint density at radius 2 is 1.33 bits per heavy atom. The standard InChI is InChI=1S/C6H15NO8P2S/c7-6(16(8,9)10,17(11,12)13)5-1-3-18(14,15)4-2-5/h5H,1-4,7H2,(H2,8,9,10)(H2,11,12,13). The van der Waals surface area contributed by atoms with E-state index in [0.29, 0.717) is 0 Å². The molecule has 0 atom stereocenters. The molecule has 0 spiro atoms. The second-order valence-corrected chi connectivity index (χ2v) is 10.6. The quantitative estimate of drug-likeness (QED) is 0.398. The van der Waals surface area contributed by atoms with E-state index in [9.17, 15) is 17.5 Å². The number of nitrogens with two attached hydrogens (primary N) is 1. The predicted octanol–water partition coefficient (Wildman–Crippen LogP) is -1.22. The van der Waals surface area contributed by atoms with Gasteiger partial charge in [-0.1, -0.05) is 0 Å². The zero-order valence-electron chi connectivity index (χ0n) is 9.21. The highest BCUT2D eigenvalue weighted by Gasteiger charge is 2.62. The third kappa shape index (κ3) is 2.86. The van der Waals surface area contributed by atoms with Gasteiger partial charge in [-0.3, -0.25) is 9.13 Å². The average Bonchev–Trinajstić information content (AvgIpc) is 2.13. The van der Waals surface area contributed by atoms with Gasteiger partial charge in [0.05, 0.1) is 11.5 Å². The molecule has 1 saturated heterocycles. The zero-order chi connectivity index (χ0) is 14.4. The van der Waals surface area contributed by atoms with Gasteiger partial charge in [-0.15, -0.1) is 0 Å². The van der Waals surface area contributed by atoms with Crippen molar-refractivity contribution >= 4 is 25.0 Å². The maximum Gasteiger partial charge on any atom is 0.357 e. The molecule has 0 aromatic heterocycles. The highest BCUT2D eigenvalue weighted by molar-refractivity contribution is 7.91. The minimum absolute atomic E-state index is 0.283. The molecule has 1 aliphatic rings. The van der Waals surface area contributed by atoms with Crippen molar-refractivity contribution in [2.75, 3.05) is 11.5 Å². The topological polar surface area (TPSA) is 175 Å². The van der Waals surface area contributed by atoms with Crippen LogP contribution in [0.3, 0.4) is 0 Å². The van der Waals surface area contributed by atoms with Crippen molar-refractivity contribution in [2.24, 2.45) is 11.7 Å². The summed E-state index contributed by atoms with van der Waals surface area (Å²) in [6, 6.07) is 0. The number of hydrogen-bond donors (Lipinski definition) is 5. The Bertz CT molecular complexity index is 482. The smallest absolute Gasteiger partial charge is 0.323 e. The van der Waals surface area contributed by atoms with Crippen molar-refractivity contribution < 1.29 is 37.1 Å². The lowest BCUT2D eigenvalue weighted by molar-refractivity contribution is 0.260. The van der Waals surface area contributed by atoms with E-state index in [1.807, 2.05) is 0 Å². The maximum absolute atomic E-state index is 11.3. The summed E-state index contributed by atoms with van der Waals surface area (Å²) in [7, 11) is -13.9. The first-order valence-corrected chi connectivity index (χ1v) is 9.96. The van der Waals surface area contributed by atoms with E-state index >= 15 is 0 Å². The van der Waals surface area contributed by atoms with Crippen molar-refractivity contribution in [3.05, 3.63) is 0 Å². The largest absolute Gasteiger partial charge is 0.357 e. The summed E-state index contributed by atoms with van der Waals surface area (Å²) in [5.74, 6) is -2.03. The van der Waals surface area contributed by atoms with Gasteiger partial charge in [0, 0.05) is 5.92 Å². The summed E-state index contributed by atoms with van der Waals surface area (Å²) in [6.45, 7) is 0. The predicted molar refractivity (Wildman–Crippen MR) is 62.4 cm³/mol. The first-order chi connectivity index (χ1) is 7.81. The van der Waals surface area contributed by atoms with Crippen LogP contribution in [0.15, 0.2) is 0 Å². The number of sulfone groups is 1.